The first-order chi connectivity index (χ1) is 13.0. The number of esters is 1. The third-order valence-corrected chi connectivity index (χ3v) is 3.80. The minimum absolute atomic E-state index is 0.402. The number of ether oxygens (including phenoxy) is 1. The van der Waals surface area contributed by atoms with Crippen LogP contribution in [-0.2, 0) is 19.1 Å². The molecule has 3 unspecified atom stereocenters. The number of carbonyl (C=O) groups excluding carboxylic acids is 3. The molecule has 3 atom stereocenters. The minimum Gasteiger partial charge on any atom is -0.458 e. The van der Waals surface area contributed by atoms with Crippen LogP contribution in [0.15, 0.2) is 30.3 Å². The highest BCUT2D eigenvalue weighted by atomic mass is 16.6. The molecule has 5 N–H and O–H groups in total. The molecule has 8 heteroatoms. The number of carbonyl (C=O) groups is 3. The lowest BCUT2D eigenvalue weighted by molar-refractivity contribution is -0.158. The zero-order valence-corrected chi connectivity index (χ0v) is 16.9. The summed E-state index contributed by atoms with van der Waals surface area (Å²) in [6, 6.07) is 6.95. The average molecular weight is 393 g/mol. The second kappa shape index (κ2) is 10.8. The van der Waals surface area contributed by atoms with Gasteiger partial charge in [-0.1, -0.05) is 43.7 Å². The van der Waals surface area contributed by atoms with E-state index in [1.807, 2.05) is 6.92 Å². The fourth-order valence-electron chi connectivity index (χ4n) is 2.45. The molecule has 1 aromatic rings. The van der Waals surface area contributed by atoms with Crippen molar-refractivity contribution in [3.05, 3.63) is 35.9 Å². The standard InChI is InChI=1S/C20H31N3O5/c1-5-9-14(21)17(25)18(26)22-12-15(24)23-16(13-10-7-6-8-11-13)19(27)28-20(2,3)4/h6-8,10-11,14,16-17,25H,5,9,12,21H2,1-4H3,(H,22,26)(H,23,24). The van der Waals surface area contributed by atoms with Crippen molar-refractivity contribution in [2.45, 2.75) is 64.3 Å². The number of aliphatic hydroxyl groups excluding tert-OH is 1. The average Bonchev–Trinajstić information content (AvgIpc) is 2.62. The van der Waals surface area contributed by atoms with Crippen molar-refractivity contribution in [1.29, 1.82) is 0 Å². The van der Waals surface area contributed by atoms with Crippen LogP contribution in [-0.4, -0.2) is 47.2 Å². The number of amides is 2. The molecule has 8 nitrogen and oxygen atoms in total. The molecule has 0 saturated heterocycles. The second-order valence-corrected chi connectivity index (χ2v) is 7.56. The van der Waals surface area contributed by atoms with Crippen molar-refractivity contribution < 1.29 is 24.2 Å². The lowest BCUT2D eigenvalue weighted by atomic mass is 10.1. The molecule has 28 heavy (non-hydrogen) atoms. The lowest BCUT2D eigenvalue weighted by Crippen LogP contribution is -2.49. The molecule has 0 aliphatic carbocycles. The molecule has 0 spiro atoms. The van der Waals surface area contributed by atoms with Crippen molar-refractivity contribution >= 4 is 17.8 Å². The van der Waals surface area contributed by atoms with Gasteiger partial charge in [-0.05, 0) is 32.8 Å². The summed E-state index contributed by atoms with van der Waals surface area (Å²) in [6.07, 6.45) is -0.195. The smallest absolute Gasteiger partial charge is 0.333 e. The Balaban J connectivity index is 2.74. The van der Waals surface area contributed by atoms with Crippen molar-refractivity contribution in [2.24, 2.45) is 5.73 Å². The molecular formula is C20H31N3O5. The summed E-state index contributed by atoms with van der Waals surface area (Å²) in [4.78, 5) is 36.7. The Labute approximate surface area is 165 Å². The Bertz CT molecular complexity index is 658. The van der Waals surface area contributed by atoms with Gasteiger partial charge in [0.25, 0.3) is 5.91 Å². The third kappa shape index (κ3) is 8.06. The van der Waals surface area contributed by atoms with Crippen molar-refractivity contribution in [2.75, 3.05) is 6.54 Å². The van der Waals surface area contributed by atoms with E-state index < -0.39 is 48.1 Å². The molecule has 1 aromatic carbocycles. The zero-order valence-electron chi connectivity index (χ0n) is 16.9. The van der Waals surface area contributed by atoms with E-state index in [2.05, 4.69) is 10.6 Å². The van der Waals surface area contributed by atoms with E-state index in [0.29, 0.717) is 12.0 Å². The fourth-order valence-corrected chi connectivity index (χ4v) is 2.45. The highest BCUT2D eigenvalue weighted by Gasteiger charge is 2.28. The van der Waals surface area contributed by atoms with E-state index in [1.54, 1.807) is 51.1 Å². The molecular weight excluding hydrogens is 362 g/mol. The predicted molar refractivity (Wildman–Crippen MR) is 105 cm³/mol. The van der Waals surface area contributed by atoms with E-state index in [0.717, 1.165) is 6.42 Å². The Morgan fingerprint density at radius 1 is 1.18 bits per heavy atom. The predicted octanol–water partition coefficient (Wildman–Crippen LogP) is 0.790. The van der Waals surface area contributed by atoms with E-state index in [-0.39, 0.29) is 0 Å². The van der Waals surface area contributed by atoms with Gasteiger partial charge in [-0.3, -0.25) is 9.59 Å². The van der Waals surface area contributed by atoms with Gasteiger partial charge >= 0.3 is 5.97 Å². The summed E-state index contributed by atoms with van der Waals surface area (Å²) >= 11 is 0. The summed E-state index contributed by atoms with van der Waals surface area (Å²) in [5.74, 6) is -1.93. The van der Waals surface area contributed by atoms with E-state index in [9.17, 15) is 19.5 Å². The number of nitrogens with one attached hydrogen (secondary N) is 2. The Morgan fingerprint density at radius 2 is 1.79 bits per heavy atom. The highest BCUT2D eigenvalue weighted by molar-refractivity contribution is 5.90. The van der Waals surface area contributed by atoms with Crippen LogP contribution in [0.4, 0.5) is 0 Å². The number of benzene rings is 1. The number of rotatable bonds is 9. The molecule has 0 aliphatic rings. The minimum atomic E-state index is -1.40. The third-order valence-electron chi connectivity index (χ3n) is 3.80. The summed E-state index contributed by atoms with van der Waals surface area (Å²) in [6.45, 7) is 6.68. The van der Waals surface area contributed by atoms with Crippen LogP contribution in [0.25, 0.3) is 0 Å². The van der Waals surface area contributed by atoms with Crippen molar-refractivity contribution in [3.8, 4) is 0 Å². The normalized spacial score (nSPS) is 14.5. The van der Waals surface area contributed by atoms with Crippen LogP contribution >= 0.6 is 0 Å². The molecule has 0 radical (unpaired) electrons. The summed E-state index contributed by atoms with van der Waals surface area (Å²) in [7, 11) is 0. The van der Waals surface area contributed by atoms with Gasteiger partial charge in [0.2, 0.25) is 5.91 Å². The Hall–Kier alpha value is -2.45. The van der Waals surface area contributed by atoms with Gasteiger partial charge in [-0.15, -0.1) is 0 Å². The maximum absolute atomic E-state index is 12.5. The van der Waals surface area contributed by atoms with Crippen LogP contribution in [0.3, 0.4) is 0 Å². The summed E-state index contributed by atoms with van der Waals surface area (Å²) < 4.78 is 5.38. The number of hydrogen-bond acceptors (Lipinski definition) is 6. The van der Waals surface area contributed by atoms with Gasteiger partial charge in [0, 0.05) is 6.04 Å². The summed E-state index contributed by atoms with van der Waals surface area (Å²) in [5.41, 5.74) is 5.55. The first-order valence-electron chi connectivity index (χ1n) is 9.33. The van der Waals surface area contributed by atoms with Crippen LogP contribution in [0, 0.1) is 0 Å². The largest absolute Gasteiger partial charge is 0.458 e. The molecule has 0 heterocycles. The van der Waals surface area contributed by atoms with Crippen LogP contribution in [0.2, 0.25) is 0 Å². The molecule has 0 aromatic heterocycles. The zero-order chi connectivity index (χ0) is 21.3. The molecule has 0 aliphatic heterocycles. The van der Waals surface area contributed by atoms with Crippen molar-refractivity contribution in [1.82, 2.24) is 10.6 Å². The topological polar surface area (TPSA) is 131 Å². The SMILES string of the molecule is CCCC(N)C(O)C(=O)NCC(=O)NC(C(=O)OC(C)(C)C)c1ccccc1. The second-order valence-electron chi connectivity index (χ2n) is 7.56. The fraction of sp³-hybridized carbons (Fsp3) is 0.550. The maximum atomic E-state index is 12.5. The van der Waals surface area contributed by atoms with E-state index in [4.69, 9.17) is 10.5 Å². The van der Waals surface area contributed by atoms with Crippen LogP contribution < -0.4 is 16.4 Å². The van der Waals surface area contributed by atoms with Crippen LogP contribution in [0.5, 0.6) is 0 Å². The van der Waals surface area contributed by atoms with Gasteiger partial charge in [-0.2, -0.15) is 0 Å². The monoisotopic (exact) mass is 393 g/mol. The van der Waals surface area contributed by atoms with Crippen LogP contribution in [0.1, 0.15) is 52.1 Å². The molecule has 0 bridgehead atoms. The van der Waals surface area contributed by atoms with E-state index in [1.165, 1.54) is 0 Å². The van der Waals surface area contributed by atoms with Crippen molar-refractivity contribution in [3.63, 3.8) is 0 Å². The van der Waals surface area contributed by atoms with Gasteiger partial charge < -0.3 is 26.2 Å². The molecule has 156 valence electrons. The van der Waals surface area contributed by atoms with E-state index >= 15 is 0 Å². The maximum Gasteiger partial charge on any atom is 0.333 e. The molecule has 2 amide bonds. The van der Waals surface area contributed by atoms with Gasteiger partial charge in [0.1, 0.15) is 11.7 Å². The van der Waals surface area contributed by atoms with Gasteiger partial charge in [0.15, 0.2) is 6.04 Å². The Kier molecular flexibility index (Phi) is 9.08. The molecule has 0 fully saturated rings. The number of aliphatic hydroxyl groups is 1. The lowest BCUT2D eigenvalue weighted by Gasteiger charge is -2.25. The van der Waals surface area contributed by atoms with Gasteiger partial charge in [-0.25, -0.2) is 4.79 Å². The first-order valence-corrected chi connectivity index (χ1v) is 9.33. The number of hydrogen-bond donors (Lipinski definition) is 4. The quantitative estimate of drug-likeness (QED) is 0.459. The first kappa shape index (κ1) is 23.6. The molecule has 0 saturated carbocycles. The van der Waals surface area contributed by atoms with Gasteiger partial charge in [0.05, 0.1) is 6.54 Å². The molecule has 1 rings (SSSR count). The highest BCUT2D eigenvalue weighted by Crippen LogP contribution is 2.18. The number of nitrogens with two attached hydrogens (primary N) is 1. The summed E-state index contributed by atoms with van der Waals surface area (Å²) in [5, 5.41) is 14.8. The Morgan fingerprint density at radius 3 is 2.32 bits per heavy atom.